The molecule has 0 radical (unpaired) electrons. The molecule has 0 saturated carbocycles. The van der Waals surface area contributed by atoms with Crippen LogP contribution in [0, 0.1) is 17.8 Å². The summed E-state index contributed by atoms with van der Waals surface area (Å²) in [4.78, 5) is 11.5. The first-order chi connectivity index (χ1) is 8.76. The van der Waals surface area contributed by atoms with Crippen LogP contribution in [0.1, 0.15) is 54.4 Å². The van der Waals surface area contributed by atoms with Gasteiger partial charge in [0, 0.05) is 18.3 Å². The molecule has 0 aromatic rings. The van der Waals surface area contributed by atoms with Crippen LogP contribution in [0.3, 0.4) is 0 Å². The highest BCUT2D eigenvalue weighted by atomic mass is 16.5. The topological polar surface area (TPSA) is 66.8 Å². The predicted octanol–water partition coefficient (Wildman–Crippen LogP) is 2.37. The van der Waals surface area contributed by atoms with Gasteiger partial charge in [0.15, 0.2) is 0 Å². The van der Waals surface area contributed by atoms with E-state index in [0.29, 0.717) is 12.8 Å². The van der Waals surface area contributed by atoms with Crippen molar-refractivity contribution in [2.45, 2.75) is 72.7 Å². The van der Waals surface area contributed by atoms with Gasteiger partial charge in [0.05, 0.1) is 12.2 Å². The SMILES string of the molecule is CCC(=O)O[C@@H](C(C)C)[C@H](C)[C@@H](O)[C@@H](C)[C@@H](O)CC. The Labute approximate surface area is 117 Å². The summed E-state index contributed by atoms with van der Waals surface area (Å²) in [5, 5.41) is 20.2. The van der Waals surface area contributed by atoms with E-state index >= 15 is 0 Å². The molecule has 0 aromatic carbocycles. The van der Waals surface area contributed by atoms with Crippen LogP contribution >= 0.6 is 0 Å². The summed E-state index contributed by atoms with van der Waals surface area (Å²) in [5.74, 6) is -0.555. The van der Waals surface area contributed by atoms with Crippen LogP contribution in [0.25, 0.3) is 0 Å². The highest BCUT2D eigenvalue weighted by Gasteiger charge is 2.34. The minimum Gasteiger partial charge on any atom is -0.462 e. The molecule has 5 atom stereocenters. The zero-order chi connectivity index (χ0) is 15.2. The monoisotopic (exact) mass is 274 g/mol. The number of aliphatic hydroxyl groups excluding tert-OH is 2. The van der Waals surface area contributed by atoms with Gasteiger partial charge in [0.2, 0.25) is 0 Å². The van der Waals surface area contributed by atoms with Gasteiger partial charge in [-0.15, -0.1) is 0 Å². The van der Waals surface area contributed by atoms with Crippen LogP contribution in [-0.4, -0.2) is 34.5 Å². The fourth-order valence-corrected chi connectivity index (χ4v) is 2.36. The van der Waals surface area contributed by atoms with E-state index in [1.807, 2.05) is 34.6 Å². The third-order valence-electron chi connectivity index (χ3n) is 3.83. The summed E-state index contributed by atoms with van der Waals surface area (Å²) >= 11 is 0. The third-order valence-corrected chi connectivity index (χ3v) is 3.83. The van der Waals surface area contributed by atoms with E-state index in [4.69, 9.17) is 4.74 Å². The maximum absolute atomic E-state index is 11.5. The molecule has 0 heterocycles. The summed E-state index contributed by atoms with van der Waals surface area (Å²) in [6.07, 6.45) is -0.612. The van der Waals surface area contributed by atoms with E-state index in [1.165, 1.54) is 0 Å². The van der Waals surface area contributed by atoms with Gasteiger partial charge in [-0.1, -0.05) is 41.5 Å². The number of rotatable bonds is 8. The first-order valence-corrected chi connectivity index (χ1v) is 7.31. The fourth-order valence-electron chi connectivity index (χ4n) is 2.36. The molecule has 0 aliphatic heterocycles. The smallest absolute Gasteiger partial charge is 0.305 e. The van der Waals surface area contributed by atoms with Crippen molar-refractivity contribution in [2.75, 3.05) is 0 Å². The van der Waals surface area contributed by atoms with Gasteiger partial charge >= 0.3 is 5.97 Å². The summed E-state index contributed by atoms with van der Waals surface area (Å²) in [7, 11) is 0. The van der Waals surface area contributed by atoms with Crippen molar-refractivity contribution in [1.29, 1.82) is 0 Å². The molecule has 114 valence electrons. The van der Waals surface area contributed by atoms with Crippen molar-refractivity contribution in [1.82, 2.24) is 0 Å². The van der Waals surface area contributed by atoms with Crippen molar-refractivity contribution in [2.24, 2.45) is 17.8 Å². The van der Waals surface area contributed by atoms with Gasteiger partial charge in [-0.25, -0.2) is 0 Å². The maximum atomic E-state index is 11.5. The average Bonchev–Trinajstić information content (AvgIpc) is 2.40. The lowest BCUT2D eigenvalue weighted by Gasteiger charge is -2.34. The second-order valence-electron chi connectivity index (χ2n) is 5.74. The molecule has 4 heteroatoms. The number of carbonyl (C=O) groups is 1. The second kappa shape index (κ2) is 8.54. The number of hydrogen-bond donors (Lipinski definition) is 2. The molecule has 0 aromatic heterocycles. The van der Waals surface area contributed by atoms with E-state index < -0.39 is 12.2 Å². The van der Waals surface area contributed by atoms with E-state index in [1.54, 1.807) is 6.92 Å². The maximum Gasteiger partial charge on any atom is 0.305 e. The van der Waals surface area contributed by atoms with Crippen LogP contribution in [0.2, 0.25) is 0 Å². The Morgan fingerprint density at radius 1 is 1.05 bits per heavy atom. The number of esters is 1. The molecule has 0 aliphatic rings. The molecule has 4 nitrogen and oxygen atoms in total. The molecule has 0 fully saturated rings. The van der Waals surface area contributed by atoms with Gasteiger partial charge in [0.25, 0.3) is 0 Å². The number of hydrogen-bond acceptors (Lipinski definition) is 4. The molecule has 19 heavy (non-hydrogen) atoms. The summed E-state index contributed by atoms with van der Waals surface area (Å²) < 4.78 is 5.43. The van der Waals surface area contributed by atoms with Crippen LogP contribution < -0.4 is 0 Å². The number of ether oxygens (including phenoxy) is 1. The lowest BCUT2D eigenvalue weighted by atomic mass is 9.82. The Morgan fingerprint density at radius 3 is 1.95 bits per heavy atom. The van der Waals surface area contributed by atoms with Crippen molar-refractivity contribution < 1.29 is 19.7 Å². The van der Waals surface area contributed by atoms with Crippen molar-refractivity contribution in [3.8, 4) is 0 Å². The zero-order valence-electron chi connectivity index (χ0n) is 13.1. The Bertz CT molecular complexity index is 265. The first kappa shape index (κ1) is 18.4. The van der Waals surface area contributed by atoms with E-state index in [9.17, 15) is 15.0 Å². The Balaban J connectivity index is 4.79. The zero-order valence-corrected chi connectivity index (χ0v) is 13.1. The average molecular weight is 274 g/mol. The van der Waals surface area contributed by atoms with E-state index in [-0.39, 0.29) is 29.8 Å². The van der Waals surface area contributed by atoms with Crippen molar-refractivity contribution >= 4 is 5.97 Å². The number of carbonyl (C=O) groups excluding carboxylic acids is 1. The van der Waals surface area contributed by atoms with Crippen LogP contribution in [0.5, 0.6) is 0 Å². The number of aliphatic hydroxyl groups is 2. The first-order valence-electron chi connectivity index (χ1n) is 7.31. The fraction of sp³-hybridized carbons (Fsp3) is 0.933. The largest absolute Gasteiger partial charge is 0.462 e. The molecule has 0 amide bonds. The van der Waals surface area contributed by atoms with Gasteiger partial charge < -0.3 is 14.9 Å². The molecule has 0 spiro atoms. The summed E-state index contributed by atoms with van der Waals surface area (Å²) in [5.41, 5.74) is 0. The Kier molecular flexibility index (Phi) is 8.26. The van der Waals surface area contributed by atoms with Crippen LogP contribution in [0.15, 0.2) is 0 Å². The van der Waals surface area contributed by atoms with Gasteiger partial charge in [-0.2, -0.15) is 0 Å². The van der Waals surface area contributed by atoms with E-state index in [0.717, 1.165) is 0 Å². The molecular weight excluding hydrogens is 244 g/mol. The molecule has 0 saturated heterocycles. The normalized spacial score (nSPS) is 19.6. The van der Waals surface area contributed by atoms with Crippen molar-refractivity contribution in [3.05, 3.63) is 0 Å². The van der Waals surface area contributed by atoms with Gasteiger partial charge in [-0.05, 0) is 12.3 Å². The lowest BCUT2D eigenvalue weighted by molar-refractivity contribution is -0.158. The van der Waals surface area contributed by atoms with Crippen LogP contribution in [0.4, 0.5) is 0 Å². The van der Waals surface area contributed by atoms with Gasteiger partial charge in [-0.3, -0.25) is 4.79 Å². The predicted molar refractivity (Wildman–Crippen MR) is 75.6 cm³/mol. The van der Waals surface area contributed by atoms with Crippen LogP contribution in [-0.2, 0) is 9.53 Å². The minimum atomic E-state index is -0.688. The molecular formula is C15H30O4. The highest BCUT2D eigenvalue weighted by molar-refractivity contribution is 5.69. The summed E-state index contributed by atoms with van der Waals surface area (Å²) in [6, 6.07) is 0. The summed E-state index contributed by atoms with van der Waals surface area (Å²) in [6.45, 7) is 11.3. The van der Waals surface area contributed by atoms with E-state index in [2.05, 4.69) is 0 Å². The third kappa shape index (κ3) is 5.49. The molecule has 0 aliphatic carbocycles. The molecule has 0 bridgehead atoms. The van der Waals surface area contributed by atoms with Gasteiger partial charge in [0.1, 0.15) is 6.10 Å². The Morgan fingerprint density at radius 2 is 1.58 bits per heavy atom. The Hall–Kier alpha value is -0.610. The highest BCUT2D eigenvalue weighted by Crippen LogP contribution is 2.26. The standard InChI is InChI=1S/C15H30O4/c1-7-12(16)10(5)14(18)11(6)15(9(3)4)19-13(17)8-2/h9-12,14-16,18H,7-8H2,1-6H3/t10-,11+,12-,14-,15-/m0/s1. The molecule has 0 unspecified atom stereocenters. The lowest BCUT2D eigenvalue weighted by Crippen LogP contribution is -2.42. The molecule has 2 N–H and O–H groups in total. The quantitative estimate of drug-likeness (QED) is 0.667. The second-order valence-corrected chi connectivity index (χ2v) is 5.74. The minimum absolute atomic E-state index is 0.131. The molecule has 0 rings (SSSR count). The van der Waals surface area contributed by atoms with Crippen molar-refractivity contribution in [3.63, 3.8) is 0 Å².